The highest BCUT2D eigenvalue weighted by Crippen LogP contribution is 2.19. The average Bonchev–Trinajstić information content (AvgIpc) is 2.48. The number of pyridine rings is 1. The first kappa shape index (κ1) is 16.3. The van der Waals surface area contributed by atoms with E-state index in [0.717, 1.165) is 45.0 Å². The Labute approximate surface area is 122 Å². The highest BCUT2D eigenvalue weighted by molar-refractivity contribution is 5.58. The maximum Gasteiger partial charge on any atom is 0.146 e. The summed E-state index contributed by atoms with van der Waals surface area (Å²) in [6.45, 7) is 11.4. The van der Waals surface area contributed by atoms with Gasteiger partial charge in [-0.15, -0.1) is 0 Å². The van der Waals surface area contributed by atoms with Crippen LogP contribution >= 0.6 is 0 Å². The van der Waals surface area contributed by atoms with Crippen LogP contribution in [0.15, 0.2) is 12.3 Å². The van der Waals surface area contributed by atoms with E-state index < -0.39 is 0 Å². The Morgan fingerprint density at radius 1 is 1.20 bits per heavy atom. The number of nitrogen functional groups attached to an aromatic ring is 1. The lowest BCUT2D eigenvalue weighted by Crippen LogP contribution is -2.30. The molecule has 0 radical (unpaired) electrons. The van der Waals surface area contributed by atoms with E-state index >= 15 is 0 Å². The van der Waals surface area contributed by atoms with E-state index in [9.17, 15) is 5.26 Å². The zero-order valence-electron chi connectivity index (χ0n) is 12.8. The second-order valence-corrected chi connectivity index (χ2v) is 4.71. The largest absolute Gasteiger partial charge is 0.397 e. The Morgan fingerprint density at radius 3 is 2.45 bits per heavy atom. The molecule has 1 rings (SSSR count). The van der Waals surface area contributed by atoms with Gasteiger partial charge < -0.3 is 15.5 Å². The summed E-state index contributed by atoms with van der Waals surface area (Å²) in [7, 11) is 0. The fraction of sp³-hybridized carbons (Fsp3) is 0.600. The van der Waals surface area contributed by atoms with Crippen LogP contribution in [0, 0.1) is 11.3 Å². The summed E-state index contributed by atoms with van der Waals surface area (Å²) in [6.07, 6.45) is 2.68. The van der Waals surface area contributed by atoms with E-state index in [1.165, 1.54) is 0 Å². The predicted molar refractivity (Wildman–Crippen MR) is 83.7 cm³/mol. The molecule has 1 heterocycles. The summed E-state index contributed by atoms with van der Waals surface area (Å²) in [5.74, 6) is 0.740. The van der Waals surface area contributed by atoms with Crippen molar-refractivity contribution in [1.82, 2.24) is 9.88 Å². The van der Waals surface area contributed by atoms with Crippen LogP contribution in [-0.4, -0.2) is 42.6 Å². The average molecular weight is 275 g/mol. The van der Waals surface area contributed by atoms with Gasteiger partial charge in [-0.05, 0) is 39.0 Å². The molecule has 0 spiro atoms. The number of hydrogen-bond donors (Lipinski definition) is 1. The van der Waals surface area contributed by atoms with Gasteiger partial charge in [0.1, 0.15) is 11.9 Å². The Balaban J connectivity index is 2.69. The molecular weight excluding hydrogens is 250 g/mol. The molecule has 0 saturated carbocycles. The zero-order valence-corrected chi connectivity index (χ0v) is 12.8. The maximum atomic E-state index is 9.20. The third-order valence-corrected chi connectivity index (χ3v) is 3.49. The number of aromatic nitrogens is 1. The minimum atomic E-state index is 0.532. The van der Waals surface area contributed by atoms with Gasteiger partial charge in [0.2, 0.25) is 0 Å². The number of hydrogen-bond acceptors (Lipinski definition) is 5. The van der Waals surface area contributed by atoms with Crippen LogP contribution in [-0.2, 0) is 0 Å². The zero-order chi connectivity index (χ0) is 15.0. The molecule has 0 fully saturated rings. The molecule has 1 aromatic rings. The van der Waals surface area contributed by atoms with E-state index in [4.69, 9.17) is 5.73 Å². The van der Waals surface area contributed by atoms with Crippen LogP contribution in [0.1, 0.15) is 32.8 Å². The summed E-state index contributed by atoms with van der Waals surface area (Å²) in [5, 5.41) is 9.20. The van der Waals surface area contributed by atoms with Crippen LogP contribution in [0.4, 0.5) is 11.5 Å². The Morgan fingerprint density at radius 2 is 1.90 bits per heavy atom. The lowest BCUT2D eigenvalue weighted by Gasteiger charge is -2.25. The second-order valence-electron chi connectivity index (χ2n) is 4.71. The smallest absolute Gasteiger partial charge is 0.146 e. The molecule has 5 nitrogen and oxygen atoms in total. The third-order valence-electron chi connectivity index (χ3n) is 3.49. The molecule has 110 valence electrons. The highest BCUT2D eigenvalue weighted by Gasteiger charge is 2.12. The van der Waals surface area contributed by atoms with Crippen LogP contribution in [0.5, 0.6) is 0 Å². The van der Waals surface area contributed by atoms with Gasteiger partial charge in [0.25, 0.3) is 0 Å². The van der Waals surface area contributed by atoms with Crippen molar-refractivity contribution in [3.05, 3.63) is 17.8 Å². The lowest BCUT2D eigenvalue weighted by molar-refractivity contribution is 0.300. The molecule has 1 aromatic heterocycles. The van der Waals surface area contributed by atoms with Crippen molar-refractivity contribution in [2.24, 2.45) is 0 Å². The van der Waals surface area contributed by atoms with E-state index in [0.29, 0.717) is 11.3 Å². The summed E-state index contributed by atoms with van der Waals surface area (Å²) in [4.78, 5) is 8.86. The van der Waals surface area contributed by atoms with Crippen LogP contribution < -0.4 is 10.6 Å². The first-order valence-corrected chi connectivity index (χ1v) is 7.29. The number of nitrogens with two attached hydrogens (primary N) is 1. The molecule has 20 heavy (non-hydrogen) atoms. The molecule has 0 aromatic carbocycles. The summed E-state index contributed by atoms with van der Waals surface area (Å²) >= 11 is 0. The van der Waals surface area contributed by atoms with Gasteiger partial charge in [0.05, 0.1) is 17.4 Å². The van der Waals surface area contributed by atoms with Crippen LogP contribution in [0.2, 0.25) is 0 Å². The molecule has 0 aliphatic rings. The van der Waals surface area contributed by atoms with Gasteiger partial charge in [0, 0.05) is 13.1 Å². The van der Waals surface area contributed by atoms with Gasteiger partial charge in [-0.25, -0.2) is 4.98 Å². The second kappa shape index (κ2) is 8.39. The summed E-state index contributed by atoms with van der Waals surface area (Å²) in [5.41, 5.74) is 6.76. The fourth-order valence-corrected chi connectivity index (χ4v) is 2.25. The van der Waals surface area contributed by atoms with Gasteiger partial charge in [-0.1, -0.05) is 13.8 Å². The number of nitrogens with zero attached hydrogens (tertiary/aromatic N) is 4. The van der Waals surface area contributed by atoms with Gasteiger partial charge >= 0.3 is 0 Å². The topological polar surface area (TPSA) is 69.2 Å². The van der Waals surface area contributed by atoms with E-state index in [-0.39, 0.29) is 0 Å². The quantitative estimate of drug-likeness (QED) is 0.786. The summed E-state index contributed by atoms with van der Waals surface area (Å²) in [6, 6.07) is 3.87. The van der Waals surface area contributed by atoms with Crippen LogP contribution in [0.3, 0.4) is 0 Å². The van der Waals surface area contributed by atoms with Crippen molar-refractivity contribution in [2.75, 3.05) is 43.4 Å². The van der Waals surface area contributed by atoms with Crippen LogP contribution in [0.25, 0.3) is 0 Å². The minimum absolute atomic E-state index is 0.532. The van der Waals surface area contributed by atoms with Gasteiger partial charge in [-0.3, -0.25) is 0 Å². The number of rotatable bonds is 8. The Hall–Kier alpha value is -1.80. The minimum Gasteiger partial charge on any atom is -0.397 e. The molecule has 0 aliphatic heterocycles. The molecule has 0 bridgehead atoms. The molecule has 2 N–H and O–H groups in total. The van der Waals surface area contributed by atoms with Gasteiger partial charge in [-0.2, -0.15) is 5.26 Å². The van der Waals surface area contributed by atoms with Gasteiger partial charge in [0.15, 0.2) is 0 Å². The first-order valence-electron chi connectivity index (χ1n) is 7.29. The molecule has 0 unspecified atom stereocenters. The van der Waals surface area contributed by atoms with E-state index in [1.807, 2.05) is 0 Å². The van der Waals surface area contributed by atoms with Crippen molar-refractivity contribution in [3.8, 4) is 6.07 Å². The molecule has 5 heteroatoms. The Bertz CT molecular complexity index is 448. The molecule has 0 amide bonds. The van der Waals surface area contributed by atoms with Crippen molar-refractivity contribution < 1.29 is 0 Å². The fourth-order valence-electron chi connectivity index (χ4n) is 2.25. The highest BCUT2D eigenvalue weighted by atomic mass is 15.2. The van der Waals surface area contributed by atoms with Crippen molar-refractivity contribution in [3.63, 3.8) is 0 Å². The van der Waals surface area contributed by atoms with E-state index in [2.05, 4.69) is 41.6 Å². The maximum absolute atomic E-state index is 9.20. The van der Waals surface area contributed by atoms with E-state index in [1.54, 1.807) is 12.3 Å². The third kappa shape index (κ3) is 4.39. The number of nitriles is 1. The lowest BCUT2D eigenvalue weighted by atomic mass is 10.2. The normalized spacial score (nSPS) is 10.6. The van der Waals surface area contributed by atoms with Crippen molar-refractivity contribution in [1.29, 1.82) is 5.26 Å². The summed E-state index contributed by atoms with van der Waals surface area (Å²) < 4.78 is 0. The number of anilines is 2. The molecule has 0 aliphatic carbocycles. The van der Waals surface area contributed by atoms with Crippen molar-refractivity contribution >= 4 is 11.5 Å². The first-order chi connectivity index (χ1) is 9.65. The Kier molecular flexibility index (Phi) is 6.82. The molecular formula is C15H25N5. The SMILES string of the molecule is CCN(CC)CCCN(CC)c1ncc(N)cc1C#N. The molecule has 0 saturated heterocycles. The predicted octanol–water partition coefficient (Wildman–Crippen LogP) is 2.09. The monoisotopic (exact) mass is 275 g/mol. The van der Waals surface area contributed by atoms with Crippen molar-refractivity contribution in [2.45, 2.75) is 27.2 Å². The molecule has 0 atom stereocenters. The standard InChI is InChI=1S/C15H25N5/c1-4-19(5-2)8-7-9-20(6-3)15-13(11-16)10-14(17)12-18-15/h10,12H,4-9,17H2,1-3H3.